The number of epoxide rings is 2. The number of amides is 3. The third-order valence-corrected chi connectivity index (χ3v) is 9.15. The number of anilines is 1. The van der Waals surface area contributed by atoms with Crippen LogP contribution in [0.2, 0.25) is 0 Å². The van der Waals surface area contributed by atoms with Crippen LogP contribution in [-0.4, -0.2) is 85.9 Å². The fourth-order valence-electron chi connectivity index (χ4n) is 5.73. The van der Waals surface area contributed by atoms with Gasteiger partial charge in [-0.2, -0.15) is 0 Å². The van der Waals surface area contributed by atoms with Crippen molar-refractivity contribution in [3.8, 4) is 0 Å². The smallest absolute Gasteiger partial charge is 0.414 e. The van der Waals surface area contributed by atoms with Crippen molar-refractivity contribution in [2.75, 3.05) is 38.0 Å². The third kappa shape index (κ3) is 8.66. The number of allylic oxidation sites excluding steroid dienone is 1. The number of benzene rings is 1. The Morgan fingerprint density at radius 1 is 1.12 bits per heavy atom. The lowest BCUT2D eigenvalue weighted by molar-refractivity contribution is -0.127. The van der Waals surface area contributed by atoms with Gasteiger partial charge in [-0.25, -0.2) is 4.79 Å². The number of ether oxygens (including phenoxy) is 5. The van der Waals surface area contributed by atoms with Gasteiger partial charge in [0.1, 0.15) is 36.6 Å². The van der Waals surface area contributed by atoms with E-state index in [1.165, 1.54) is 17.3 Å². The number of carbonyl (C=O) groups excluding carboxylic acids is 4. The van der Waals surface area contributed by atoms with Crippen molar-refractivity contribution in [2.24, 2.45) is 5.92 Å². The zero-order valence-corrected chi connectivity index (χ0v) is 26.3. The largest absolute Gasteiger partial charge is 0.443 e. The number of nitrogens with one attached hydrogen (secondary N) is 2. The molecule has 4 rings (SSSR count). The van der Waals surface area contributed by atoms with E-state index in [1.54, 1.807) is 38.3 Å². The molecule has 1 saturated carbocycles. The van der Waals surface area contributed by atoms with E-state index in [0.717, 1.165) is 17.7 Å². The zero-order valence-electron chi connectivity index (χ0n) is 25.4. The Morgan fingerprint density at radius 2 is 1.84 bits per heavy atom. The number of ketones is 1. The summed E-state index contributed by atoms with van der Waals surface area (Å²) in [6.07, 6.45) is 2.85. The summed E-state index contributed by atoms with van der Waals surface area (Å²) < 4.78 is 28.8. The highest BCUT2D eigenvalue weighted by Gasteiger charge is 2.72. The average Bonchev–Trinajstić information content (AvgIpc) is 3.88. The molecule has 1 aromatic rings. The predicted octanol–water partition coefficient (Wildman–Crippen LogP) is 4.04. The second-order valence-electron chi connectivity index (χ2n) is 11.6. The van der Waals surface area contributed by atoms with Crippen molar-refractivity contribution >= 4 is 41.1 Å². The van der Waals surface area contributed by atoms with Crippen LogP contribution in [0.25, 0.3) is 0 Å². The van der Waals surface area contributed by atoms with Gasteiger partial charge in [-0.1, -0.05) is 18.6 Å². The number of hydrogen-bond donors (Lipinski definition) is 2. The Bertz CT molecular complexity index is 1210. The lowest BCUT2D eigenvalue weighted by atomic mass is 9.68. The van der Waals surface area contributed by atoms with Gasteiger partial charge in [0.2, 0.25) is 11.8 Å². The average molecular weight is 619 g/mol. The summed E-state index contributed by atoms with van der Waals surface area (Å²) in [7, 11) is 1.60. The maximum Gasteiger partial charge on any atom is 0.414 e. The lowest BCUT2D eigenvalue weighted by Crippen LogP contribution is -2.56. The summed E-state index contributed by atoms with van der Waals surface area (Å²) in [6, 6.07) is 6.89. The second kappa shape index (κ2) is 14.3. The molecule has 0 aromatic heterocycles. The van der Waals surface area contributed by atoms with Crippen LogP contribution in [0.15, 0.2) is 40.8 Å². The summed E-state index contributed by atoms with van der Waals surface area (Å²) in [5.41, 5.74) is 1.00. The number of alkyl carbamates (subject to hydrolysis) is 1. The van der Waals surface area contributed by atoms with Crippen molar-refractivity contribution in [2.45, 2.75) is 87.8 Å². The second-order valence-corrected chi connectivity index (χ2v) is 12.7. The zero-order chi connectivity index (χ0) is 31.2. The Balaban J connectivity index is 1.23. The highest BCUT2D eigenvalue weighted by molar-refractivity contribution is 8.00. The summed E-state index contributed by atoms with van der Waals surface area (Å²) >= 11 is 1.24. The van der Waals surface area contributed by atoms with Gasteiger partial charge in [0.15, 0.2) is 5.78 Å². The number of methoxy groups -OCH3 is 1. The van der Waals surface area contributed by atoms with E-state index in [2.05, 4.69) is 37.5 Å². The van der Waals surface area contributed by atoms with Crippen LogP contribution in [0.1, 0.15) is 53.4 Å². The third-order valence-electron chi connectivity index (χ3n) is 8.14. The highest BCUT2D eigenvalue weighted by atomic mass is 32.2. The quantitative estimate of drug-likeness (QED) is 0.178. The molecular weight excluding hydrogens is 576 g/mol. The minimum atomic E-state index is -0.812. The van der Waals surface area contributed by atoms with E-state index in [9.17, 15) is 19.2 Å². The van der Waals surface area contributed by atoms with Crippen molar-refractivity contribution < 1.29 is 42.9 Å². The van der Waals surface area contributed by atoms with Crippen molar-refractivity contribution in [3.05, 3.63) is 35.9 Å². The molecule has 236 valence electrons. The first-order valence-corrected chi connectivity index (χ1v) is 15.6. The van der Waals surface area contributed by atoms with Crippen LogP contribution in [0, 0.1) is 5.92 Å². The molecular formula is C31H42N2O9S. The first-order valence-electron chi connectivity index (χ1n) is 14.6. The van der Waals surface area contributed by atoms with E-state index in [4.69, 9.17) is 23.7 Å². The number of hydrogen-bond acceptors (Lipinski definition) is 10. The standard InChI is InChI=1S/C31H42N2O9S/c1-6-21(34)15-39-16-25(35)32-20-8-10-22(11-9-20)43-17-26(36)33-29(37)41-23-13-14-31(18-40-31)28(27(23)38-5)30(4)24(42-30)12-7-19(2)3/h7-11,23-24,27-28H,6,12-18H2,1-5H3,(H,32,35)(H,33,36,37)/t23-,24-,27-,28-,30?,31+/m1/s1. The molecule has 2 aliphatic heterocycles. The Morgan fingerprint density at radius 3 is 2.47 bits per heavy atom. The molecule has 1 aromatic carbocycles. The van der Waals surface area contributed by atoms with Gasteiger partial charge in [-0.3, -0.25) is 19.7 Å². The Labute approximate surface area is 256 Å². The first-order chi connectivity index (χ1) is 20.5. The van der Waals surface area contributed by atoms with Gasteiger partial charge < -0.3 is 29.0 Å². The SMILES string of the molecule is CCC(=O)COCC(=O)Nc1ccc(SCC(=O)NC(=O)O[C@@H]2CC[C@]3(CO3)[C@@H](C3(C)O[C@@H]3CC=C(C)C)[C@@H]2OC)cc1. The molecule has 2 saturated heterocycles. The molecule has 3 fully saturated rings. The normalized spacial score (nSPS) is 29.0. The van der Waals surface area contributed by atoms with Gasteiger partial charge in [-0.05, 0) is 64.3 Å². The van der Waals surface area contributed by atoms with E-state index in [-0.39, 0.29) is 48.3 Å². The van der Waals surface area contributed by atoms with Crippen LogP contribution in [-0.2, 0) is 38.1 Å². The van der Waals surface area contributed by atoms with Crippen molar-refractivity contribution in [3.63, 3.8) is 0 Å². The highest BCUT2D eigenvalue weighted by Crippen LogP contribution is 2.59. The molecule has 43 heavy (non-hydrogen) atoms. The number of imide groups is 1. The van der Waals surface area contributed by atoms with Crippen LogP contribution in [0.4, 0.5) is 10.5 Å². The molecule has 0 radical (unpaired) electrons. The monoisotopic (exact) mass is 618 g/mol. The fourth-order valence-corrected chi connectivity index (χ4v) is 6.43. The summed E-state index contributed by atoms with van der Waals surface area (Å²) in [6.45, 7) is 8.24. The molecule has 1 unspecified atom stereocenters. The van der Waals surface area contributed by atoms with Gasteiger partial charge in [0.25, 0.3) is 0 Å². The molecule has 1 aliphatic carbocycles. The molecule has 2 heterocycles. The van der Waals surface area contributed by atoms with E-state index >= 15 is 0 Å². The molecule has 3 aliphatic rings. The topological polar surface area (TPSA) is 145 Å². The molecule has 0 bridgehead atoms. The molecule has 1 spiro atoms. The summed E-state index contributed by atoms with van der Waals surface area (Å²) in [4.78, 5) is 49.2. The lowest BCUT2D eigenvalue weighted by Gasteiger charge is -2.42. The minimum absolute atomic E-state index is 0.00396. The van der Waals surface area contributed by atoms with Gasteiger partial charge in [0.05, 0.1) is 24.4 Å². The maximum atomic E-state index is 12.7. The molecule has 11 nitrogen and oxygen atoms in total. The van der Waals surface area contributed by atoms with Crippen molar-refractivity contribution in [1.82, 2.24) is 5.32 Å². The van der Waals surface area contributed by atoms with E-state index < -0.39 is 29.8 Å². The van der Waals surface area contributed by atoms with Gasteiger partial charge in [-0.15, -0.1) is 11.8 Å². The molecule has 3 amide bonds. The van der Waals surface area contributed by atoms with Crippen LogP contribution < -0.4 is 10.6 Å². The summed E-state index contributed by atoms with van der Waals surface area (Å²) in [5, 5.41) is 5.00. The minimum Gasteiger partial charge on any atom is -0.443 e. The van der Waals surface area contributed by atoms with Gasteiger partial charge >= 0.3 is 6.09 Å². The van der Waals surface area contributed by atoms with Crippen LogP contribution in [0.5, 0.6) is 0 Å². The Kier molecular flexibility index (Phi) is 11.0. The number of rotatable bonds is 14. The van der Waals surface area contributed by atoms with E-state index in [0.29, 0.717) is 25.1 Å². The number of thioether (sulfide) groups is 1. The molecule has 6 atom stereocenters. The van der Waals surface area contributed by atoms with Gasteiger partial charge in [0, 0.05) is 24.1 Å². The number of carbonyl (C=O) groups is 4. The summed E-state index contributed by atoms with van der Waals surface area (Å²) in [5.74, 6) is -1.05. The predicted molar refractivity (Wildman–Crippen MR) is 160 cm³/mol. The van der Waals surface area contributed by atoms with E-state index in [1.807, 2.05) is 0 Å². The maximum absolute atomic E-state index is 12.7. The first kappa shape index (κ1) is 33.1. The molecule has 2 N–H and O–H groups in total. The Hall–Kier alpha value is -2.77. The van der Waals surface area contributed by atoms with Crippen LogP contribution >= 0.6 is 11.8 Å². The van der Waals surface area contributed by atoms with Crippen LogP contribution in [0.3, 0.4) is 0 Å². The van der Waals surface area contributed by atoms with Crippen molar-refractivity contribution in [1.29, 1.82) is 0 Å². The number of Topliss-reactive ketones (excluding diaryl/α,β-unsaturated/α-hetero) is 1. The molecule has 12 heteroatoms. The fraction of sp³-hybridized carbons (Fsp3) is 0.613.